The van der Waals surface area contributed by atoms with Gasteiger partial charge in [0.25, 0.3) is 0 Å². The molecule has 3 nitrogen and oxygen atoms in total. The minimum atomic E-state index is 0.427. The van der Waals surface area contributed by atoms with Crippen LogP contribution in [0.3, 0.4) is 0 Å². The maximum atomic E-state index is 5.35. The SMILES string of the molecule is CCC1(CNCC2CC(OC)CN2)CCC1. The number of nitrogens with one attached hydrogen (secondary N) is 2. The molecule has 0 aromatic carbocycles. The lowest BCUT2D eigenvalue weighted by molar-refractivity contribution is 0.114. The molecular formula is C13H26N2O. The lowest BCUT2D eigenvalue weighted by Gasteiger charge is -2.41. The smallest absolute Gasteiger partial charge is 0.0711 e. The molecule has 2 atom stereocenters. The molecule has 1 aliphatic heterocycles. The highest BCUT2D eigenvalue weighted by Crippen LogP contribution is 2.42. The summed E-state index contributed by atoms with van der Waals surface area (Å²) in [4.78, 5) is 0. The Morgan fingerprint density at radius 1 is 1.44 bits per heavy atom. The third-order valence-electron chi connectivity index (χ3n) is 4.57. The first-order valence-electron chi connectivity index (χ1n) is 6.75. The fourth-order valence-electron chi connectivity index (χ4n) is 2.96. The Morgan fingerprint density at radius 2 is 2.25 bits per heavy atom. The highest BCUT2D eigenvalue weighted by Gasteiger charge is 2.34. The average Bonchev–Trinajstić information content (AvgIpc) is 2.70. The zero-order valence-electron chi connectivity index (χ0n) is 10.7. The highest BCUT2D eigenvalue weighted by molar-refractivity contribution is 4.90. The molecule has 0 spiro atoms. The molecular weight excluding hydrogens is 200 g/mol. The molecule has 1 heterocycles. The van der Waals surface area contributed by atoms with Crippen LogP contribution in [0.5, 0.6) is 0 Å². The van der Waals surface area contributed by atoms with E-state index < -0.39 is 0 Å². The molecule has 1 saturated heterocycles. The van der Waals surface area contributed by atoms with Crippen molar-refractivity contribution in [2.24, 2.45) is 5.41 Å². The van der Waals surface area contributed by atoms with Crippen LogP contribution < -0.4 is 10.6 Å². The van der Waals surface area contributed by atoms with Gasteiger partial charge in [-0.25, -0.2) is 0 Å². The third kappa shape index (κ3) is 2.76. The predicted octanol–water partition coefficient (Wildman–Crippen LogP) is 1.53. The van der Waals surface area contributed by atoms with Crippen LogP contribution in [0.4, 0.5) is 0 Å². The maximum Gasteiger partial charge on any atom is 0.0711 e. The monoisotopic (exact) mass is 226 g/mol. The molecule has 0 aromatic rings. The fourth-order valence-corrected chi connectivity index (χ4v) is 2.96. The topological polar surface area (TPSA) is 33.3 Å². The van der Waals surface area contributed by atoms with E-state index in [-0.39, 0.29) is 0 Å². The van der Waals surface area contributed by atoms with Gasteiger partial charge < -0.3 is 15.4 Å². The molecule has 2 aliphatic rings. The van der Waals surface area contributed by atoms with E-state index in [0.717, 1.165) is 19.5 Å². The fraction of sp³-hybridized carbons (Fsp3) is 1.00. The largest absolute Gasteiger partial charge is 0.380 e. The van der Waals surface area contributed by atoms with E-state index in [2.05, 4.69) is 17.6 Å². The first-order chi connectivity index (χ1) is 7.78. The normalized spacial score (nSPS) is 32.6. The lowest BCUT2D eigenvalue weighted by Crippen LogP contribution is -2.43. The summed E-state index contributed by atoms with van der Waals surface area (Å²) in [6, 6.07) is 0.610. The molecule has 2 unspecified atom stereocenters. The Bertz CT molecular complexity index is 210. The van der Waals surface area contributed by atoms with Gasteiger partial charge in [0.05, 0.1) is 6.10 Å². The average molecular weight is 226 g/mol. The third-order valence-corrected chi connectivity index (χ3v) is 4.57. The molecule has 2 fully saturated rings. The predicted molar refractivity (Wildman–Crippen MR) is 66.6 cm³/mol. The highest BCUT2D eigenvalue weighted by atomic mass is 16.5. The quantitative estimate of drug-likeness (QED) is 0.720. The number of methoxy groups -OCH3 is 1. The van der Waals surface area contributed by atoms with Gasteiger partial charge >= 0.3 is 0 Å². The van der Waals surface area contributed by atoms with Crippen molar-refractivity contribution in [2.45, 2.75) is 51.2 Å². The van der Waals surface area contributed by atoms with Crippen molar-refractivity contribution >= 4 is 0 Å². The summed E-state index contributed by atoms with van der Waals surface area (Å²) in [5.74, 6) is 0. The number of hydrogen-bond donors (Lipinski definition) is 2. The van der Waals surface area contributed by atoms with Gasteiger partial charge in [0.2, 0.25) is 0 Å². The van der Waals surface area contributed by atoms with Gasteiger partial charge in [-0.05, 0) is 31.1 Å². The Morgan fingerprint density at radius 3 is 2.75 bits per heavy atom. The molecule has 16 heavy (non-hydrogen) atoms. The second kappa shape index (κ2) is 5.48. The Hall–Kier alpha value is -0.120. The molecule has 1 saturated carbocycles. The van der Waals surface area contributed by atoms with Crippen molar-refractivity contribution in [3.05, 3.63) is 0 Å². The Kier molecular flexibility index (Phi) is 4.22. The van der Waals surface area contributed by atoms with E-state index in [1.807, 2.05) is 7.11 Å². The van der Waals surface area contributed by atoms with Crippen molar-refractivity contribution < 1.29 is 4.74 Å². The van der Waals surface area contributed by atoms with Crippen LogP contribution in [-0.2, 0) is 4.74 Å². The zero-order valence-corrected chi connectivity index (χ0v) is 10.7. The minimum absolute atomic E-state index is 0.427. The molecule has 2 rings (SSSR count). The van der Waals surface area contributed by atoms with Gasteiger partial charge in [-0.1, -0.05) is 13.3 Å². The van der Waals surface area contributed by atoms with E-state index >= 15 is 0 Å². The van der Waals surface area contributed by atoms with Gasteiger partial charge in [0.15, 0.2) is 0 Å². The van der Waals surface area contributed by atoms with Gasteiger partial charge in [0.1, 0.15) is 0 Å². The van der Waals surface area contributed by atoms with Gasteiger partial charge in [-0.2, -0.15) is 0 Å². The summed E-state index contributed by atoms with van der Waals surface area (Å²) in [6.07, 6.45) is 7.20. The van der Waals surface area contributed by atoms with E-state index in [0.29, 0.717) is 17.6 Å². The van der Waals surface area contributed by atoms with Crippen LogP contribution in [0, 0.1) is 5.41 Å². The van der Waals surface area contributed by atoms with Crippen molar-refractivity contribution in [1.82, 2.24) is 10.6 Å². The molecule has 0 radical (unpaired) electrons. The van der Waals surface area contributed by atoms with Crippen molar-refractivity contribution in [1.29, 1.82) is 0 Å². The van der Waals surface area contributed by atoms with Gasteiger partial charge in [-0.3, -0.25) is 0 Å². The maximum absolute atomic E-state index is 5.35. The summed E-state index contributed by atoms with van der Waals surface area (Å²) < 4.78 is 5.35. The lowest BCUT2D eigenvalue weighted by atomic mass is 9.67. The summed E-state index contributed by atoms with van der Waals surface area (Å²) >= 11 is 0. The second-order valence-corrected chi connectivity index (χ2v) is 5.54. The van der Waals surface area contributed by atoms with Crippen molar-refractivity contribution in [3.63, 3.8) is 0 Å². The minimum Gasteiger partial charge on any atom is -0.380 e. The van der Waals surface area contributed by atoms with Gasteiger partial charge in [-0.15, -0.1) is 0 Å². The summed E-state index contributed by atoms with van der Waals surface area (Å²) in [5.41, 5.74) is 0.638. The van der Waals surface area contributed by atoms with Crippen molar-refractivity contribution in [3.8, 4) is 0 Å². The molecule has 0 amide bonds. The molecule has 2 N–H and O–H groups in total. The summed E-state index contributed by atoms with van der Waals surface area (Å²) in [5, 5.41) is 7.16. The van der Waals surface area contributed by atoms with E-state index in [4.69, 9.17) is 4.74 Å². The molecule has 0 aromatic heterocycles. The van der Waals surface area contributed by atoms with Crippen LogP contribution in [0.25, 0.3) is 0 Å². The summed E-state index contributed by atoms with van der Waals surface area (Å²) in [6.45, 7) is 5.65. The molecule has 94 valence electrons. The molecule has 0 bridgehead atoms. The first kappa shape index (κ1) is 12.3. The van der Waals surface area contributed by atoms with Crippen LogP contribution in [0.15, 0.2) is 0 Å². The number of rotatable bonds is 6. The number of ether oxygens (including phenoxy) is 1. The van der Waals surface area contributed by atoms with E-state index in [9.17, 15) is 0 Å². The molecule has 1 aliphatic carbocycles. The molecule has 3 heteroatoms. The second-order valence-electron chi connectivity index (χ2n) is 5.54. The standard InChI is InChI=1S/C13H26N2O/c1-3-13(5-4-6-13)10-14-8-11-7-12(16-2)9-15-11/h11-12,14-15H,3-10H2,1-2H3. The Balaban J connectivity index is 1.61. The summed E-state index contributed by atoms with van der Waals surface area (Å²) in [7, 11) is 1.81. The van der Waals surface area contributed by atoms with Crippen LogP contribution in [0.2, 0.25) is 0 Å². The van der Waals surface area contributed by atoms with Crippen LogP contribution in [0.1, 0.15) is 39.0 Å². The van der Waals surface area contributed by atoms with E-state index in [1.165, 1.54) is 32.2 Å². The Labute approximate surface area is 99.3 Å². The van der Waals surface area contributed by atoms with Crippen molar-refractivity contribution in [2.75, 3.05) is 26.7 Å². The number of hydrogen-bond acceptors (Lipinski definition) is 3. The van der Waals surface area contributed by atoms with Gasteiger partial charge in [0, 0.05) is 32.8 Å². The van der Waals surface area contributed by atoms with Crippen LogP contribution in [-0.4, -0.2) is 38.9 Å². The zero-order chi connectivity index (χ0) is 11.4. The first-order valence-corrected chi connectivity index (χ1v) is 6.75. The van der Waals surface area contributed by atoms with E-state index in [1.54, 1.807) is 0 Å². The van der Waals surface area contributed by atoms with Crippen LogP contribution >= 0.6 is 0 Å².